The second-order valence-corrected chi connectivity index (χ2v) is 8.54. The van der Waals surface area contributed by atoms with Gasteiger partial charge in [-0.05, 0) is 77.3 Å². The van der Waals surface area contributed by atoms with Crippen molar-refractivity contribution in [2.75, 3.05) is 30.3 Å². The van der Waals surface area contributed by atoms with E-state index in [4.69, 9.17) is 0 Å². The maximum absolute atomic E-state index is 10.4. The lowest BCUT2D eigenvalue weighted by molar-refractivity contribution is 0.191. The number of halogens is 1. The Kier molecular flexibility index (Phi) is 7.01. The molecule has 1 unspecified atom stereocenters. The highest BCUT2D eigenvalue weighted by Crippen LogP contribution is 2.24. The van der Waals surface area contributed by atoms with Crippen molar-refractivity contribution in [1.29, 1.82) is 0 Å². The molecule has 1 saturated heterocycles. The van der Waals surface area contributed by atoms with E-state index in [-0.39, 0.29) is 12.3 Å². The number of benzene rings is 2. The van der Waals surface area contributed by atoms with E-state index < -0.39 is 6.10 Å². The fraction of sp³-hybridized carbons (Fsp3) is 0.304. The van der Waals surface area contributed by atoms with Crippen LogP contribution in [0, 0.1) is 0 Å². The second-order valence-electron chi connectivity index (χ2n) is 7.69. The summed E-state index contributed by atoms with van der Waals surface area (Å²) in [5.74, 6) is 1.16. The number of rotatable bonds is 8. The predicted octanol–water partition coefficient (Wildman–Crippen LogP) is 4.43. The topological polar surface area (TPSA) is 93.5 Å². The lowest BCUT2D eigenvalue weighted by Gasteiger charge is -2.15. The summed E-state index contributed by atoms with van der Waals surface area (Å²) in [4.78, 5) is 11.3. The third-order valence-corrected chi connectivity index (χ3v) is 5.86. The lowest BCUT2D eigenvalue weighted by atomic mass is 10.1. The molecule has 4 N–H and O–H groups in total. The molecular formula is C23H26BrN5O2. The Hall–Kier alpha value is -2.68. The van der Waals surface area contributed by atoms with E-state index in [1.165, 1.54) is 31.5 Å². The standard InChI is InChI=1S/C23H26BrN5O2/c24-20-13-26-23(27-18-8-6-16(7-9-18)15-29-10-1-2-11-29)28-22(20)25-14-21(31)17-4-3-5-19(30)12-17/h3-9,12-13,21,30-31H,1-2,10-11,14-15H2,(H2,25,26,27,28). The quantitative estimate of drug-likeness (QED) is 0.376. The van der Waals surface area contributed by atoms with Gasteiger partial charge in [-0.2, -0.15) is 4.98 Å². The highest BCUT2D eigenvalue weighted by molar-refractivity contribution is 9.10. The molecule has 0 saturated carbocycles. The fourth-order valence-electron chi connectivity index (χ4n) is 3.62. The number of aliphatic hydroxyl groups excluding tert-OH is 1. The number of phenols is 1. The van der Waals surface area contributed by atoms with Gasteiger partial charge in [0, 0.05) is 25.0 Å². The largest absolute Gasteiger partial charge is 0.508 e. The third-order valence-electron chi connectivity index (χ3n) is 5.28. The van der Waals surface area contributed by atoms with Gasteiger partial charge in [-0.1, -0.05) is 24.3 Å². The summed E-state index contributed by atoms with van der Waals surface area (Å²) in [5.41, 5.74) is 2.84. The number of aromatic nitrogens is 2. The fourth-order valence-corrected chi connectivity index (χ4v) is 3.95. The van der Waals surface area contributed by atoms with Crippen LogP contribution in [0.15, 0.2) is 59.2 Å². The van der Waals surface area contributed by atoms with Crippen LogP contribution in [-0.4, -0.2) is 44.7 Å². The number of nitrogens with one attached hydrogen (secondary N) is 2. The first kappa shape index (κ1) is 21.5. The smallest absolute Gasteiger partial charge is 0.229 e. The number of aromatic hydroxyl groups is 1. The Balaban J connectivity index is 1.37. The van der Waals surface area contributed by atoms with Crippen molar-refractivity contribution < 1.29 is 10.2 Å². The summed E-state index contributed by atoms with van der Waals surface area (Å²) >= 11 is 3.44. The minimum Gasteiger partial charge on any atom is -0.508 e. The van der Waals surface area contributed by atoms with E-state index in [2.05, 4.69) is 53.6 Å². The molecule has 8 heteroatoms. The molecule has 162 valence electrons. The number of phenolic OH excluding ortho intramolecular Hbond substituents is 1. The molecule has 0 amide bonds. The molecule has 1 atom stereocenters. The zero-order valence-corrected chi connectivity index (χ0v) is 18.7. The highest BCUT2D eigenvalue weighted by Gasteiger charge is 2.13. The maximum atomic E-state index is 10.4. The summed E-state index contributed by atoms with van der Waals surface area (Å²) < 4.78 is 0.696. The average molecular weight is 484 g/mol. The first-order valence-electron chi connectivity index (χ1n) is 10.4. The van der Waals surface area contributed by atoms with Gasteiger partial charge in [-0.3, -0.25) is 4.90 Å². The summed E-state index contributed by atoms with van der Waals surface area (Å²) in [6, 6.07) is 14.9. The van der Waals surface area contributed by atoms with E-state index >= 15 is 0 Å². The minimum atomic E-state index is -0.784. The van der Waals surface area contributed by atoms with Gasteiger partial charge in [0.2, 0.25) is 5.95 Å². The van der Waals surface area contributed by atoms with E-state index in [1.54, 1.807) is 30.5 Å². The molecule has 2 aromatic carbocycles. The molecule has 0 bridgehead atoms. The molecule has 1 fully saturated rings. The Labute approximate surface area is 190 Å². The molecule has 0 spiro atoms. The van der Waals surface area contributed by atoms with Crippen LogP contribution in [-0.2, 0) is 6.54 Å². The van der Waals surface area contributed by atoms with Crippen LogP contribution < -0.4 is 10.6 Å². The monoisotopic (exact) mass is 483 g/mol. The number of nitrogens with zero attached hydrogens (tertiary/aromatic N) is 3. The molecule has 2 heterocycles. The SMILES string of the molecule is Oc1cccc(C(O)CNc2nc(Nc3ccc(CN4CCCC4)cc3)ncc2Br)c1. The number of anilines is 3. The van der Waals surface area contributed by atoms with E-state index in [0.29, 0.717) is 21.8 Å². The van der Waals surface area contributed by atoms with Gasteiger partial charge in [0.05, 0.1) is 10.6 Å². The van der Waals surface area contributed by atoms with Crippen molar-refractivity contribution in [3.63, 3.8) is 0 Å². The normalized spacial score (nSPS) is 15.0. The van der Waals surface area contributed by atoms with Gasteiger partial charge in [-0.25, -0.2) is 4.98 Å². The molecule has 31 heavy (non-hydrogen) atoms. The van der Waals surface area contributed by atoms with Crippen LogP contribution in [0.4, 0.5) is 17.5 Å². The van der Waals surface area contributed by atoms with Gasteiger partial charge in [0.25, 0.3) is 0 Å². The van der Waals surface area contributed by atoms with Gasteiger partial charge < -0.3 is 20.8 Å². The van der Waals surface area contributed by atoms with Crippen molar-refractivity contribution in [2.45, 2.75) is 25.5 Å². The Bertz CT molecular complexity index is 1010. The lowest BCUT2D eigenvalue weighted by Crippen LogP contribution is -2.18. The molecule has 1 aromatic heterocycles. The summed E-state index contributed by atoms with van der Waals surface area (Å²) in [5, 5.41) is 26.3. The summed E-state index contributed by atoms with van der Waals surface area (Å²) in [6.45, 7) is 3.60. The van der Waals surface area contributed by atoms with Crippen LogP contribution in [0.25, 0.3) is 0 Å². The van der Waals surface area contributed by atoms with Crippen molar-refractivity contribution in [1.82, 2.24) is 14.9 Å². The Morgan fingerprint density at radius 2 is 1.87 bits per heavy atom. The van der Waals surface area contributed by atoms with Crippen molar-refractivity contribution >= 4 is 33.4 Å². The van der Waals surface area contributed by atoms with Crippen molar-refractivity contribution in [3.8, 4) is 5.75 Å². The minimum absolute atomic E-state index is 0.123. The van der Waals surface area contributed by atoms with Crippen LogP contribution in [0.2, 0.25) is 0 Å². The summed E-state index contributed by atoms with van der Waals surface area (Å²) in [6.07, 6.45) is 3.47. The molecule has 0 aliphatic carbocycles. The van der Waals surface area contributed by atoms with Crippen LogP contribution in [0.5, 0.6) is 5.75 Å². The zero-order chi connectivity index (χ0) is 21.6. The molecule has 7 nitrogen and oxygen atoms in total. The van der Waals surface area contributed by atoms with Crippen molar-refractivity contribution in [3.05, 3.63) is 70.3 Å². The van der Waals surface area contributed by atoms with E-state index in [1.807, 2.05) is 12.1 Å². The van der Waals surface area contributed by atoms with Gasteiger partial charge in [-0.15, -0.1) is 0 Å². The van der Waals surface area contributed by atoms with Crippen LogP contribution >= 0.6 is 15.9 Å². The first-order chi connectivity index (χ1) is 15.1. The van der Waals surface area contributed by atoms with Crippen LogP contribution in [0.1, 0.15) is 30.1 Å². The van der Waals surface area contributed by atoms with Gasteiger partial charge in [0.15, 0.2) is 0 Å². The molecule has 3 aromatic rings. The van der Waals surface area contributed by atoms with E-state index in [9.17, 15) is 10.2 Å². The van der Waals surface area contributed by atoms with Gasteiger partial charge >= 0.3 is 0 Å². The summed E-state index contributed by atoms with van der Waals surface area (Å²) in [7, 11) is 0. The highest BCUT2D eigenvalue weighted by atomic mass is 79.9. The number of hydrogen-bond acceptors (Lipinski definition) is 7. The molecule has 1 aliphatic rings. The first-order valence-corrected chi connectivity index (χ1v) is 11.2. The van der Waals surface area contributed by atoms with Crippen LogP contribution in [0.3, 0.4) is 0 Å². The number of aliphatic hydroxyl groups is 1. The predicted molar refractivity (Wildman–Crippen MR) is 126 cm³/mol. The Morgan fingerprint density at radius 1 is 1.10 bits per heavy atom. The van der Waals surface area contributed by atoms with E-state index in [0.717, 1.165) is 12.2 Å². The van der Waals surface area contributed by atoms with Crippen molar-refractivity contribution in [2.24, 2.45) is 0 Å². The Morgan fingerprint density at radius 3 is 2.61 bits per heavy atom. The average Bonchev–Trinajstić information content (AvgIpc) is 3.28. The maximum Gasteiger partial charge on any atom is 0.229 e. The molecule has 0 radical (unpaired) electrons. The molecular weight excluding hydrogens is 458 g/mol. The second kappa shape index (κ2) is 10.1. The van der Waals surface area contributed by atoms with Gasteiger partial charge in [0.1, 0.15) is 11.6 Å². The molecule has 1 aliphatic heterocycles. The number of hydrogen-bond donors (Lipinski definition) is 4. The zero-order valence-electron chi connectivity index (χ0n) is 17.1. The molecule has 4 rings (SSSR count). The third kappa shape index (κ3) is 5.94. The number of likely N-dealkylation sites (tertiary alicyclic amines) is 1.